The van der Waals surface area contributed by atoms with E-state index in [0.29, 0.717) is 12.2 Å². The molecule has 0 aromatic heterocycles. The predicted molar refractivity (Wildman–Crippen MR) is 43.0 cm³/mol. The number of nitrogens with zero attached hydrogens (tertiary/aromatic N) is 1. The summed E-state index contributed by atoms with van der Waals surface area (Å²) in [4.78, 5) is 13.4. The van der Waals surface area contributed by atoms with Crippen LogP contribution in [0.1, 0.15) is 6.42 Å². The van der Waals surface area contributed by atoms with Crippen molar-refractivity contribution in [3.8, 4) is 0 Å². The van der Waals surface area contributed by atoms with Crippen molar-refractivity contribution >= 4 is 5.78 Å². The Morgan fingerprint density at radius 1 is 1.64 bits per heavy atom. The molecule has 2 rings (SSSR count). The molecule has 0 amide bonds. The van der Waals surface area contributed by atoms with Gasteiger partial charge in [0.2, 0.25) is 0 Å². The maximum Gasteiger partial charge on any atom is 0.145 e. The molecule has 2 heteroatoms. The minimum atomic E-state index is 0.171. The predicted octanol–water partition coefficient (Wildman–Crippen LogP) is 0.961. The highest BCUT2D eigenvalue weighted by Gasteiger charge is 2.28. The molecule has 0 saturated carbocycles. The largest absolute Gasteiger partial charge is 0.379 e. The molecule has 58 valence electrons. The first-order valence-electron chi connectivity index (χ1n) is 3.88. The molecule has 0 spiro atoms. The minimum Gasteiger partial charge on any atom is -0.379 e. The van der Waals surface area contributed by atoms with Gasteiger partial charge in [-0.2, -0.15) is 0 Å². The van der Waals surface area contributed by atoms with Gasteiger partial charge < -0.3 is 4.90 Å². The first-order valence-corrected chi connectivity index (χ1v) is 3.88. The summed E-state index contributed by atoms with van der Waals surface area (Å²) in [6, 6.07) is 0. The zero-order chi connectivity index (χ0) is 7.84. The zero-order valence-corrected chi connectivity index (χ0v) is 6.58. The van der Waals surface area contributed by atoms with Crippen LogP contribution in [-0.4, -0.2) is 24.3 Å². The number of rotatable bonds is 0. The molecule has 0 radical (unpaired) electrons. The lowest BCUT2D eigenvalue weighted by Gasteiger charge is -2.14. The van der Waals surface area contributed by atoms with E-state index < -0.39 is 0 Å². The Labute approximate surface area is 66.2 Å². The highest BCUT2D eigenvalue weighted by atomic mass is 16.1. The van der Waals surface area contributed by atoms with Crippen molar-refractivity contribution in [3.05, 3.63) is 23.9 Å². The maximum absolute atomic E-state index is 11.3. The lowest BCUT2D eigenvalue weighted by molar-refractivity contribution is -0.121. The van der Waals surface area contributed by atoms with Crippen LogP contribution in [0.2, 0.25) is 0 Å². The van der Waals surface area contributed by atoms with Crippen LogP contribution in [-0.2, 0) is 4.79 Å². The second-order valence-electron chi connectivity index (χ2n) is 3.19. The Balaban J connectivity index is 2.31. The number of ketones is 1. The molecular formula is C9H11NO. The molecular weight excluding hydrogens is 138 g/mol. The standard InChI is InChI=1S/C9H11NO/c1-10-5-7-3-2-4-9(11)8(7)6-10/h2-3,5,8H,4,6H2,1H3. The summed E-state index contributed by atoms with van der Waals surface area (Å²) in [6.07, 6.45) is 6.69. The summed E-state index contributed by atoms with van der Waals surface area (Å²) < 4.78 is 0. The van der Waals surface area contributed by atoms with Gasteiger partial charge in [0.1, 0.15) is 5.78 Å². The molecule has 1 aliphatic heterocycles. The second kappa shape index (κ2) is 2.22. The molecule has 1 heterocycles. The van der Waals surface area contributed by atoms with Crippen LogP contribution >= 0.6 is 0 Å². The maximum atomic E-state index is 11.3. The van der Waals surface area contributed by atoms with Crippen LogP contribution in [0.5, 0.6) is 0 Å². The van der Waals surface area contributed by atoms with E-state index in [4.69, 9.17) is 0 Å². The van der Waals surface area contributed by atoms with Gasteiger partial charge in [0.15, 0.2) is 0 Å². The van der Waals surface area contributed by atoms with Gasteiger partial charge in [0.05, 0.1) is 5.92 Å². The fraction of sp³-hybridized carbons (Fsp3) is 0.444. The highest BCUT2D eigenvalue weighted by molar-refractivity contribution is 5.88. The zero-order valence-electron chi connectivity index (χ0n) is 6.58. The van der Waals surface area contributed by atoms with E-state index in [1.807, 2.05) is 13.1 Å². The average molecular weight is 149 g/mol. The van der Waals surface area contributed by atoms with Crippen LogP contribution in [0, 0.1) is 5.92 Å². The van der Waals surface area contributed by atoms with Gasteiger partial charge in [-0.3, -0.25) is 4.79 Å². The number of carbonyl (C=O) groups excluding carboxylic acids is 1. The van der Waals surface area contributed by atoms with E-state index in [1.165, 1.54) is 5.57 Å². The highest BCUT2D eigenvalue weighted by Crippen LogP contribution is 2.26. The van der Waals surface area contributed by atoms with Crippen LogP contribution in [0.15, 0.2) is 23.9 Å². The van der Waals surface area contributed by atoms with Gasteiger partial charge in [-0.05, 0) is 5.57 Å². The quantitative estimate of drug-likeness (QED) is 0.511. The first kappa shape index (κ1) is 6.65. The molecule has 0 saturated heterocycles. The van der Waals surface area contributed by atoms with Crippen molar-refractivity contribution in [2.24, 2.45) is 5.92 Å². The molecule has 1 atom stereocenters. The van der Waals surface area contributed by atoms with Crippen molar-refractivity contribution in [2.45, 2.75) is 6.42 Å². The van der Waals surface area contributed by atoms with E-state index in [9.17, 15) is 4.79 Å². The Morgan fingerprint density at radius 3 is 3.18 bits per heavy atom. The van der Waals surface area contributed by atoms with Gasteiger partial charge in [0.25, 0.3) is 0 Å². The number of hydrogen-bond donors (Lipinski definition) is 0. The van der Waals surface area contributed by atoms with Gasteiger partial charge in [-0.25, -0.2) is 0 Å². The van der Waals surface area contributed by atoms with Crippen LogP contribution in [0.3, 0.4) is 0 Å². The Hall–Kier alpha value is -1.05. The summed E-state index contributed by atoms with van der Waals surface area (Å²) >= 11 is 0. The van der Waals surface area contributed by atoms with Crippen LogP contribution < -0.4 is 0 Å². The smallest absolute Gasteiger partial charge is 0.145 e. The molecule has 1 aliphatic carbocycles. The van der Waals surface area contributed by atoms with E-state index in [2.05, 4.69) is 17.2 Å². The summed E-state index contributed by atoms with van der Waals surface area (Å²) in [7, 11) is 2.01. The second-order valence-corrected chi connectivity index (χ2v) is 3.19. The van der Waals surface area contributed by atoms with Gasteiger partial charge in [-0.1, -0.05) is 12.2 Å². The molecule has 2 aliphatic rings. The monoisotopic (exact) mass is 149 g/mol. The SMILES string of the molecule is CN1C=C2C=CCC(=O)C2C1. The number of carbonyl (C=O) groups is 1. The van der Waals surface area contributed by atoms with E-state index in [0.717, 1.165) is 6.54 Å². The molecule has 0 bridgehead atoms. The molecule has 0 aromatic rings. The van der Waals surface area contributed by atoms with E-state index >= 15 is 0 Å². The molecule has 1 unspecified atom stereocenters. The number of hydrogen-bond acceptors (Lipinski definition) is 2. The molecule has 0 fully saturated rings. The number of allylic oxidation sites excluding steroid dienone is 2. The van der Waals surface area contributed by atoms with Crippen molar-refractivity contribution in [2.75, 3.05) is 13.6 Å². The third-order valence-corrected chi connectivity index (χ3v) is 2.26. The van der Waals surface area contributed by atoms with Crippen molar-refractivity contribution < 1.29 is 4.79 Å². The fourth-order valence-electron chi connectivity index (χ4n) is 1.69. The van der Waals surface area contributed by atoms with Crippen molar-refractivity contribution in [1.29, 1.82) is 0 Å². The van der Waals surface area contributed by atoms with Gasteiger partial charge >= 0.3 is 0 Å². The van der Waals surface area contributed by atoms with Crippen LogP contribution in [0.4, 0.5) is 0 Å². The summed E-state index contributed by atoms with van der Waals surface area (Å²) in [5.74, 6) is 0.535. The van der Waals surface area contributed by atoms with Crippen molar-refractivity contribution in [1.82, 2.24) is 4.90 Å². The summed E-state index contributed by atoms with van der Waals surface area (Å²) in [5.41, 5.74) is 1.18. The summed E-state index contributed by atoms with van der Waals surface area (Å²) in [6.45, 7) is 0.874. The molecule has 11 heavy (non-hydrogen) atoms. The molecule has 2 nitrogen and oxygen atoms in total. The molecule has 0 aromatic carbocycles. The Kier molecular flexibility index (Phi) is 1.34. The van der Waals surface area contributed by atoms with Gasteiger partial charge in [0, 0.05) is 26.2 Å². The fourth-order valence-corrected chi connectivity index (χ4v) is 1.69. The van der Waals surface area contributed by atoms with Crippen LogP contribution in [0.25, 0.3) is 0 Å². The lowest BCUT2D eigenvalue weighted by atomic mass is 9.91. The number of Topliss-reactive ketones (excluding diaryl/α,β-unsaturated/α-hetero) is 1. The Bertz CT molecular complexity index is 252. The van der Waals surface area contributed by atoms with Crippen molar-refractivity contribution in [3.63, 3.8) is 0 Å². The summed E-state index contributed by atoms with van der Waals surface area (Å²) in [5, 5.41) is 0. The lowest BCUT2D eigenvalue weighted by Crippen LogP contribution is -2.22. The normalized spacial score (nSPS) is 28.8. The third kappa shape index (κ3) is 0.985. The minimum absolute atomic E-state index is 0.171. The number of fused-ring (bicyclic) bond motifs is 1. The van der Waals surface area contributed by atoms with E-state index in [1.54, 1.807) is 0 Å². The average Bonchev–Trinajstić information content (AvgIpc) is 2.31. The Morgan fingerprint density at radius 2 is 2.45 bits per heavy atom. The third-order valence-electron chi connectivity index (χ3n) is 2.26. The topological polar surface area (TPSA) is 20.3 Å². The van der Waals surface area contributed by atoms with E-state index in [-0.39, 0.29) is 5.92 Å². The molecule has 0 N–H and O–H groups in total. The first-order chi connectivity index (χ1) is 5.27. The van der Waals surface area contributed by atoms with Gasteiger partial charge in [-0.15, -0.1) is 0 Å².